The van der Waals surface area contributed by atoms with Gasteiger partial charge in [-0.05, 0) is 52.7 Å². The van der Waals surface area contributed by atoms with E-state index in [1.165, 1.54) is 17.0 Å². The standard InChI is InChI=1S/C17H17Br2NO4S/c1-10(11-4-6-13(7-5-11)25(3,23)24)20(2)17(22)14-8-12(18)9-15(19)16(14)21/h4-10,21H,1-3H3/t10-/m0/s1. The van der Waals surface area contributed by atoms with Gasteiger partial charge in [-0.25, -0.2) is 8.42 Å². The molecule has 0 aliphatic rings. The molecule has 0 fully saturated rings. The lowest BCUT2D eigenvalue weighted by Gasteiger charge is -2.26. The van der Waals surface area contributed by atoms with Crippen LogP contribution < -0.4 is 0 Å². The molecule has 0 spiro atoms. The van der Waals surface area contributed by atoms with Crippen LogP contribution in [-0.4, -0.2) is 37.6 Å². The van der Waals surface area contributed by atoms with Crippen molar-refractivity contribution in [3.63, 3.8) is 0 Å². The lowest BCUT2D eigenvalue weighted by atomic mass is 10.1. The Labute approximate surface area is 163 Å². The van der Waals surface area contributed by atoms with Crippen molar-refractivity contribution in [2.75, 3.05) is 13.3 Å². The Balaban J connectivity index is 2.31. The number of benzene rings is 2. The number of hydrogen-bond donors (Lipinski definition) is 1. The fourth-order valence-corrected chi connectivity index (χ4v) is 4.17. The van der Waals surface area contributed by atoms with Gasteiger partial charge in [0.15, 0.2) is 9.84 Å². The minimum absolute atomic E-state index is 0.125. The Morgan fingerprint density at radius 1 is 1.16 bits per heavy atom. The molecule has 0 heterocycles. The highest BCUT2D eigenvalue weighted by Crippen LogP contribution is 2.33. The minimum Gasteiger partial charge on any atom is -0.506 e. The normalized spacial score (nSPS) is 12.7. The fraction of sp³-hybridized carbons (Fsp3) is 0.235. The second-order valence-corrected chi connectivity index (χ2v) is 9.50. The quantitative estimate of drug-likeness (QED) is 0.698. The summed E-state index contributed by atoms with van der Waals surface area (Å²) in [7, 11) is -1.63. The van der Waals surface area contributed by atoms with Crippen LogP contribution in [-0.2, 0) is 9.84 Å². The third-order valence-electron chi connectivity index (χ3n) is 3.95. The van der Waals surface area contributed by atoms with Gasteiger partial charge in [0.1, 0.15) is 5.75 Å². The van der Waals surface area contributed by atoms with Gasteiger partial charge in [0.2, 0.25) is 0 Å². The van der Waals surface area contributed by atoms with E-state index >= 15 is 0 Å². The van der Waals surface area contributed by atoms with E-state index in [9.17, 15) is 18.3 Å². The summed E-state index contributed by atoms with van der Waals surface area (Å²) in [5.74, 6) is -0.473. The number of nitrogens with zero attached hydrogens (tertiary/aromatic N) is 1. The number of sulfone groups is 1. The number of amides is 1. The van der Waals surface area contributed by atoms with Crippen molar-refractivity contribution in [3.8, 4) is 5.75 Å². The molecule has 2 aromatic rings. The second kappa shape index (κ2) is 7.47. The lowest BCUT2D eigenvalue weighted by Crippen LogP contribution is -2.29. The molecule has 0 saturated carbocycles. The predicted molar refractivity (Wildman–Crippen MR) is 104 cm³/mol. The van der Waals surface area contributed by atoms with Gasteiger partial charge in [0.05, 0.1) is 21.0 Å². The zero-order chi connectivity index (χ0) is 18.9. The van der Waals surface area contributed by atoms with Crippen LogP contribution in [0.25, 0.3) is 0 Å². The van der Waals surface area contributed by atoms with Crippen LogP contribution in [0.4, 0.5) is 0 Å². The van der Waals surface area contributed by atoms with Crippen molar-refractivity contribution in [2.45, 2.75) is 17.9 Å². The zero-order valence-corrected chi connectivity index (χ0v) is 17.8. The minimum atomic E-state index is -3.26. The molecule has 0 aromatic heterocycles. The Morgan fingerprint density at radius 3 is 2.24 bits per heavy atom. The van der Waals surface area contributed by atoms with Crippen LogP contribution in [0.15, 0.2) is 50.2 Å². The average molecular weight is 491 g/mol. The first-order valence-electron chi connectivity index (χ1n) is 7.27. The fourth-order valence-electron chi connectivity index (χ4n) is 2.31. The van der Waals surface area contributed by atoms with Crippen molar-refractivity contribution >= 4 is 47.6 Å². The molecule has 0 radical (unpaired) electrons. The van der Waals surface area contributed by atoms with E-state index < -0.39 is 9.84 Å². The molecule has 1 atom stereocenters. The number of carbonyl (C=O) groups excluding carboxylic acids is 1. The SMILES string of the molecule is C[C@@H](c1ccc(S(C)(=O)=O)cc1)N(C)C(=O)c1cc(Br)cc(Br)c1O. The van der Waals surface area contributed by atoms with E-state index in [0.717, 1.165) is 11.8 Å². The molecule has 0 aliphatic heterocycles. The molecule has 1 amide bonds. The van der Waals surface area contributed by atoms with Crippen molar-refractivity contribution in [1.82, 2.24) is 4.90 Å². The van der Waals surface area contributed by atoms with E-state index in [2.05, 4.69) is 31.9 Å². The maximum atomic E-state index is 12.7. The van der Waals surface area contributed by atoms with Crippen LogP contribution in [0.3, 0.4) is 0 Å². The van der Waals surface area contributed by atoms with Crippen LogP contribution in [0.2, 0.25) is 0 Å². The maximum Gasteiger partial charge on any atom is 0.257 e. The van der Waals surface area contributed by atoms with Gasteiger partial charge in [0, 0.05) is 17.8 Å². The first-order chi connectivity index (χ1) is 11.5. The number of aromatic hydroxyl groups is 1. The van der Waals surface area contributed by atoms with Crippen molar-refractivity contribution < 1.29 is 18.3 Å². The number of hydrogen-bond acceptors (Lipinski definition) is 4. The molecule has 0 bridgehead atoms. The second-order valence-electron chi connectivity index (χ2n) is 5.72. The Morgan fingerprint density at radius 2 is 1.72 bits per heavy atom. The smallest absolute Gasteiger partial charge is 0.257 e. The molecule has 0 aliphatic carbocycles. The van der Waals surface area contributed by atoms with Gasteiger partial charge in [-0.2, -0.15) is 0 Å². The molecule has 25 heavy (non-hydrogen) atoms. The molecule has 2 rings (SSSR count). The average Bonchev–Trinajstić information content (AvgIpc) is 2.55. The van der Waals surface area contributed by atoms with E-state index in [1.54, 1.807) is 31.3 Å². The molecular weight excluding hydrogens is 474 g/mol. The molecule has 2 aromatic carbocycles. The summed E-state index contributed by atoms with van der Waals surface area (Å²) in [4.78, 5) is 14.5. The zero-order valence-electron chi connectivity index (χ0n) is 13.8. The third-order valence-corrected chi connectivity index (χ3v) is 6.14. The van der Waals surface area contributed by atoms with Gasteiger partial charge in [-0.1, -0.05) is 28.1 Å². The molecule has 5 nitrogen and oxygen atoms in total. The monoisotopic (exact) mass is 489 g/mol. The molecular formula is C17H17Br2NO4S. The Bertz CT molecular complexity index is 911. The van der Waals surface area contributed by atoms with Gasteiger partial charge >= 0.3 is 0 Å². The number of phenolic OH excluding ortho intramolecular Hbond substituents is 1. The predicted octanol–water partition coefficient (Wildman–Crippen LogP) is 4.15. The molecule has 1 N–H and O–H groups in total. The molecule has 8 heteroatoms. The van der Waals surface area contributed by atoms with Gasteiger partial charge in [0.25, 0.3) is 5.91 Å². The summed E-state index contributed by atoms with van der Waals surface area (Å²) in [6.07, 6.45) is 1.15. The number of phenols is 1. The summed E-state index contributed by atoms with van der Waals surface area (Å²) in [5, 5.41) is 10.1. The van der Waals surface area contributed by atoms with Crippen LogP contribution >= 0.6 is 31.9 Å². The Hall–Kier alpha value is -1.38. The number of rotatable bonds is 4. The summed E-state index contributed by atoms with van der Waals surface area (Å²) in [5.41, 5.74) is 0.958. The van der Waals surface area contributed by atoms with Gasteiger partial charge in [-0.3, -0.25) is 4.79 Å². The number of carbonyl (C=O) groups is 1. The molecule has 134 valence electrons. The largest absolute Gasteiger partial charge is 0.506 e. The summed E-state index contributed by atoms with van der Waals surface area (Å²) < 4.78 is 24.2. The van der Waals surface area contributed by atoms with E-state index in [1.807, 2.05) is 6.92 Å². The highest BCUT2D eigenvalue weighted by atomic mass is 79.9. The van der Waals surface area contributed by atoms with Crippen LogP contribution in [0.1, 0.15) is 28.9 Å². The van der Waals surface area contributed by atoms with Gasteiger partial charge < -0.3 is 10.0 Å². The first-order valence-corrected chi connectivity index (χ1v) is 10.7. The highest BCUT2D eigenvalue weighted by molar-refractivity contribution is 9.11. The molecule has 0 unspecified atom stereocenters. The third kappa shape index (κ3) is 4.43. The number of halogens is 2. The maximum absolute atomic E-state index is 12.7. The highest BCUT2D eigenvalue weighted by Gasteiger charge is 2.23. The van der Waals surface area contributed by atoms with Gasteiger partial charge in [-0.15, -0.1) is 0 Å². The molecule has 0 saturated heterocycles. The van der Waals surface area contributed by atoms with Crippen LogP contribution in [0.5, 0.6) is 5.75 Å². The van der Waals surface area contributed by atoms with E-state index in [-0.39, 0.29) is 28.2 Å². The van der Waals surface area contributed by atoms with Crippen molar-refractivity contribution in [1.29, 1.82) is 0 Å². The van der Waals surface area contributed by atoms with Crippen molar-refractivity contribution in [2.24, 2.45) is 0 Å². The topological polar surface area (TPSA) is 74.7 Å². The van der Waals surface area contributed by atoms with Crippen molar-refractivity contribution in [3.05, 3.63) is 56.5 Å². The summed E-state index contributed by atoms with van der Waals surface area (Å²) in [6.45, 7) is 1.83. The first kappa shape index (κ1) is 19.9. The Kier molecular flexibility index (Phi) is 5.96. The lowest BCUT2D eigenvalue weighted by molar-refractivity contribution is 0.0739. The summed E-state index contributed by atoms with van der Waals surface area (Å²) >= 11 is 6.52. The summed E-state index contributed by atoms with van der Waals surface area (Å²) in [6, 6.07) is 9.30. The van der Waals surface area contributed by atoms with Crippen LogP contribution in [0, 0.1) is 0 Å². The van der Waals surface area contributed by atoms with E-state index in [0.29, 0.717) is 8.95 Å². The van der Waals surface area contributed by atoms with E-state index in [4.69, 9.17) is 0 Å².